The van der Waals surface area contributed by atoms with Crippen LogP contribution in [0.25, 0.3) is 0 Å². The lowest BCUT2D eigenvalue weighted by atomic mass is 10.2. The number of benzene rings is 1. The van der Waals surface area contributed by atoms with Crippen LogP contribution < -0.4 is 5.32 Å². The van der Waals surface area contributed by atoms with Crippen molar-refractivity contribution in [1.82, 2.24) is 10.2 Å². The predicted molar refractivity (Wildman–Crippen MR) is 92.8 cm³/mol. The highest BCUT2D eigenvalue weighted by Crippen LogP contribution is 2.25. The van der Waals surface area contributed by atoms with Gasteiger partial charge in [0.1, 0.15) is 0 Å². The number of amides is 1. The Labute approximate surface area is 141 Å². The molecular formula is C16H21ClN2O2S. The van der Waals surface area contributed by atoms with Crippen LogP contribution in [0, 0.1) is 0 Å². The van der Waals surface area contributed by atoms with Gasteiger partial charge in [0.05, 0.1) is 6.26 Å². The number of nitrogens with one attached hydrogen (secondary N) is 1. The maximum atomic E-state index is 12.3. The molecule has 1 N–H and O–H groups in total. The fourth-order valence-electron chi connectivity index (χ4n) is 1.87. The second-order valence-electron chi connectivity index (χ2n) is 4.71. The van der Waals surface area contributed by atoms with Crippen molar-refractivity contribution in [2.45, 2.75) is 10.6 Å². The van der Waals surface area contributed by atoms with Crippen molar-refractivity contribution in [1.29, 1.82) is 0 Å². The van der Waals surface area contributed by atoms with Gasteiger partial charge in [-0.1, -0.05) is 18.2 Å². The zero-order chi connectivity index (χ0) is 15.1. The summed E-state index contributed by atoms with van der Waals surface area (Å²) in [5, 5.41) is 3.03. The summed E-state index contributed by atoms with van der Waals surface area (Å²) in [4.78, 5) is 15.2. The summed E-state index contributed by atoms with van der Waals surface area (Å²) in [6.45, 7) is 1.42. The molecule has 1 amide bonds. The molecule has 0 spiro atoms. The van der Waals surface area contributed by atoms with Crippen LogP contribution in [0.3, 0.4) is 0 Å². The van der Waals surface area contributed by atoms with Gasteiger partial charge in [0.25, 0.3) is 5.91 Å². The number of halogens is 1. The van der Waals surface area contributed by atoms with Gasteiger partial charge in [-0.05, 0) is 25.2 Å². The number of rotatable bonds is 7. The van der Waals surface area contributed by atoms with E-state index in [1.54, 1.807) is 30.0 Å². The first kappa shape index (κ1) is 18.6. The molecular weight excluding hydrogens is 320 g/mol. The Morgan fingerprint density at radius 2 is 2.00 bits per heavy atom. The fourth-order valence-corrected chi connectivity index (χ4v) is 2.77. The number of carbonyl (C=O) groups excluding carboxylic acids is 1. The van der Waals surface area contributed by atoms with E-state index < -0.39 is 0 Å². The van der Waals surface area contributed by atoms with Gasteiger partial charge >= 0.3 is 0 Å². The SMILES string of the molecule is CNCCN(C)C(=O)c1occc1CSc1ccccc1.Cl. The molecule has 0 saturated carbocycles. The number of thioether (sulfide) groups is 1. The van der Waals surface area contributed by atoms with Gasteiger partial charge in [-0.15, -0.1) is 24.2 Å². The lowest BCUT2D eigenvalue weighted by Gasteiger charge is -2.16. The molecule has 22 heavy (non-hydrogen) atoms. The molecule has 0 radical (unpaired) electrons. The van der Waals surface area contributed by atoms with Crippen LogP contribution >= 0.6 is 24.2 Å². The molecule has 0 fully saturated rings. The first-order valence-electron chi connectivity index (χ1n) is 6.86. The van der Waals surface area contributed by atoms with E-state index in [0.717, 1.165) is 17.9 Å². The first-order valence-corrected chi connectivity index (χ1v) is 7.85. The largest absolute Gasteiger partial charge is 0.459 e. The van der Waals surface area contributed by atoms with Crippen LogP contribution in [-0.2, 0) is 5.75 Å². The van der Waals surface area contributed by atoms with Crippen molar-refractivity contribution < 1.29 is 9.21 Å². The average Bonchev–Trinajstić information content (AvgIpc) is 2.99. The van der Waals surface area contributed by atoms with E-state index in [1.165, 1.54) is 4.90 Å². The molecule has 2 aromatic rings. The van der Waals surface area contributed by atoms with Crippen LogP contribution in [0.2, 0.25) is 0 Å². The summed E-state index contributed by atoms with van der Waals surface area (Å²) in [6.07, 6.45) is 1.58. The van der Waals surface area contributed by atoms with Crippen molar-refractivity contribution in [3.63, 3.8) is 0 Å². The maximum absolute atomic E-state index is 12.3. The van der Waals surface area contributed by atoms with Crippen LogP contribution in [0.4, 0.5) is 0 Å². The minimum atomic E-state index is -0.0705. The van der Waals surface area contributed by atoms with Gasteiger partial charge in [-0.25, -0.2) is 0 Å². The summed E-state index contributed by atoms with van der Waals surface area (Å²) in [5.74, 6) is 1.09. The van der Waals surface area contributed by atoms with Crippen molar-refractivity contribution >= 4 is 30.1 Å². The Hall–Kier alpha value is -1.43. The molecule has 0 aliphatic heterocycles. The van der Waals surface area contributed by atoms with Crippen molar-refractivity contribution in [2.75, 3.05) is 27.2 Å². The average molecular weight is 341 g/mol. The van der Waals surface area contributed by atoms with Crippen molar-refractivity contribution in [3.8, 4) is 0 Å². The number of nitrogens with zero attached hydrogens (tertiary/aromatic N) is 1. The van der Waals surface area contributed by atoms with Gasteiger partial charge in [0.15, 0.2) is 5.76 Å². The Morgan fingerprint density at radius 3 is 2.68 bits per heavy atom. The molecule has 0 aliphatic rings. The number of carbonyl (C=O) groups is 1. The number of hydrogen-bond acceptors (Lipinski definition) is 4. The van der Waals surface area contributed by atoms with E-state index in [4.69, 9.17) is 4.42 Å². The molecule has 1 heterocycles. The molecule has 0 saturated heterocycles. The van der Waals surface area contributed by atoms with Gasteiger partial charge in [-0.3, -0.25) is 4.79 Å². The standard InChI is InChI=1S/C16H20N2O2S.ClH/c1-17-9-10-18(2)16(19)15-13(8-11-20-15)12-21-14-6-4-3-5-7-14;/h3-8,11,17H,9-10,12H2,1-2H3;1H. The highest BCUT2D eigenvalue weighted by molar-refractivity contribution is 7.98. The molecule has 6 heteroatoms. The molecule has 4 nitrogen and oxygen atoms in total. The molecule has 0 unspecified atom stereocenters. The van der Waals surface area contributed by atoms with E-state index in [2.05, 4.69) is 17.4 Å². The topological polar surface area (TPSA) is 45.5 Å². The van der Waals surface area contributed by atoms with Gasteiger partial charge < -0.3 is 14.6 Å². The van der Waals surface area contributed by atoms with Crippen molar-refractivity contribution in [2.24, 2.45) is 0 Å². The number of furan rings is 1. The lowest BCUT2D eigenvalue weighted by molar-refractivity contribution is 0.0764. The molecule has 2 rings (SSSR count). The molecule has 0 atom stereocenters. The fraction of sp³-hybridized carbons (Fsp3) is 0.312. The Bertz CT molecular complexity index is 575. The molecule has 1 aromatic heterocycles. The van der Waals surface area contributed by atoms with E-state index in [1.807, 2.05) is 31.3 Å². The molecule has 1 aromatic carbocycles. The van der Waals surface area contributed by atoms with E-state index >= 15 is 0 Å². The zero-order valence-corrected chi connectivity index (χ0v) is 14.4. The smallest absolute Gasteiger partial charge is 0.289 e. The zero-order valence-electron chi connectivity index (χ0n) is 12.7. The monoisotopic (exact) mass is 340 g/mol. The summed E-state index contributed by atoms with van der Waals surface area (Å²) >= 11 is 1.70. The van der Waals surface area contributed by atoms with Crippen LogP contribution in [0.1, 0.15) is 16.1 Å². The molecule has 0 bridgehead atoms. The summed E-state index contributed by atoms with van der Waals surface area (Å²) in [7, 11) is 3.66. The quantitative estimate of drug-likeness (QED) is 0.786. The second-order valence-corrected chi connectivity index (χ2v) is 5.76. The first-order chi connectivity index (χ1) is 10.2. The Morgan fingerprint density at radius 1 is 1.27 bits per heavy atom. The highest BCUT2D eigenvalue weighted by Gasteiger charge is 2.19. The van der Waals surface area contributed by atoms with Gasteiger partial charge in [0.2, 0.25) is 0 Å². The molecule has 120 valence electrons. The van der Waals surface area contributed by atoms with Gasteiger partial charge in [-0.2, -0.15) is 0 Å². The van der Waals surface area contributed by atoms with E-state index in [0.29, 0.717) is 12.3 Å². The maximum Gasteiger partial charge on any atom is 0.289 e. The van der Waals surface area contributed by atoms with Crippen LogP contribution in [-0.4, -0.2) is 38.0 Å². The third-order valence-corrected chi connectivity index (χ3v) is 4.18. The highest BCUT2D eigenvalue weighted by atomic mass is 35.5. The lowest BCUT2D eigenvalue weighted by Crippen LogP contribution is -2.33. The normalized spacial score (nSPS) is 10.1. The Kier molecular flexibility index (Phi) is 8.09. The van der Waals surface area contributed by atoms with Gasteiger partial charge in [0, 0.05) is 36.3 Å². The summed E-state index contributed by atoms with van der Waals surface area (Å²) in [5.41, 5.74) is 0.935. The third kappa shape index (κ3) is 5.09. The van der Waals surface area contributed by atoms with Crippen LogP contribution in [0.15, 0.2) is 52.0 Å². The second kappa shape index (κ2) is 9.56. The number of hydrogen-bond donors (Lipinski definition) is 1. The van der Waals surface area contributed by atoms with Crippen LogP contribution in [0.5, 0.6) is 0 Å². The minimum Gasteiger partial charge on any atom is -0.459 e. The van der Waals surface area contributed by atoms with Crippen molar-refractivity contribution in [3.05, 3.63) is 54.0 Å². The summed E-state index contributed by atoms with van der Waals surface area (Å²) in [6, 6.07) is 12.0. The Balaban J connectivity index is 0.00000242. The summed E-state index contributed by atoms with van der Waals surface area (Å²) < 4.78 is 5.39. The predicted octanol–water partition coefficient (Wildman–Crippen LogP) is 3.29. The minimum absolute atomic E-state index is 0. The molecule has 0 aliphatic carbocycles. The van der Waals surface area contributed by atoms with E-state index in [-0.39, 0.29) is 18.3 Å². The number of likely N-dealkylation sites (N-methyl/N-ethyl adjacent to an activating group) is 2. The van der Waals surface area contributed by atoms with E-state index in [9.17, 15) is 4.79 Å². The third-order valence-electron chi connectivity index (χ3n) is 3.12.